The first kappa shape index (κ1) is 17.0. The van der Waals surface area contributed by atoms with Crippen molar-refractivity contribution in [1.82, 2.24) is 5.43 Å². The third-order valence-corrected chi connectivity index (χ3v) is 4.24. The molecule has 0 aromatic heterocycles. The molecule has 0 spiro atoms. The highest BCUT2D eigenvalue weighted by Crippen LogP contribution is 2.37. The average Bonchev–Trinajstić information content (AvgIpc) is 3.14. The number of nitrogens with one attached hydrogen (secondary N) is 1. The van der Waals surface area contributed by atoms with Gasteiger partial charge >= 0.3 is 6.18 Å². The van der Waals surface area contributed by atoms with Crippen LogP contribution >= 0.6 is 0 Å². The Morgan fingerprint density at radius 3 is 2.00 bits per heavy atom. The number of halogens is 3. The fourth-order valence-electron chi connectivity index (χ4n) is 2.99. The summed E-state index contributed by atoms with van der Waals surface area (Å²) in [4.78, 5) is 0. The molecule has 1 heterocycles. The molecule has 6 heteroatoms. The van der Waals surface area contributed by atoms with Gasteiger partial charge in [-0.25, -0.2) is 5.01 Å². The van der Waals surface area contributed by atoms with Crippen molar-refractivity contribution in [3.05, 3.63) is 102 Å². The highest BCUT2D eigenvalue weighted by atomic mass is 19.4. The molecule has 3 aromatic rings. The summed E-state index contributed by atoms with van der Waals surface area (Å²) < 4.78 is 39.7. The van der Waals surface area contributed by atoms with Crippen molar-refractivity contribution in [3.63, 3.8) is 0 Å². The van der Waals surface area contributed by atoms with Gasteiger partial charge in [0.05, 0.1) is 22.6 Å². The van der Waals surface area contributed by atoms with Crippen LogP contribution in [0.5, 0.6) is 0 Å². The van der Waals surface area contributed by atoms with E-state index in [2.05, 4.69) is 5.43 Å². The van der Waals surface area contributed by atoms with Crippen LogP contribution in [0.3, 0.4) is 0 Å². The maximum Gasteiger partial charge on any atom is 0.416 e. The molecular formula is C21H16F3N3. The van der Waals surface area contributed by atoms with Gasteiger partial charge in [0.2, 0.25) is 0 Å². The molecule has 0 radical (unpaired) electrons. The molecule has 0 atom stereocenters. The van der Waals surface area contributed by atoms with Gasteiger partial charge in [0.15, 0.2) is 0 Å². The zero-order chi connectivity index (χ0) is 18.9. The van der Waals surface area contributed by atoms with Crippen LogP contribution in [0, 0.1) is 0 Å². The summed E-state index contributed by atoms with van der Waals surface area (Å²) in [7, 11) is 0. The van der Waals surface area contributed by atoms with Crippen LogP contribution in [-0.2, 0) is 6.18 Å². The van der Waals surface area contributed by atoms with E-state index in [1.54, 1.807) is 22.4 Å². The minimum atomic E-state index is -4.41. The summed E-state index contributed by atoms with van der Waals surface area (Å²) in [6.07, 6.45) is -2.63. The molecule has 3 nitrogen and oxygen atoms in total. The summed E-state index contributed by atoms with van der Waals surface area (Å²) in [5.74, 6) is 0. The van der Waals surface area contributed by atoms with E-state index in [1.165, 1.54) is 6.07 Å². The Labute approximate surface area is 154 Å². The van der Waals surface area contributed by atoms with E-state index < -0.39 is 11.7 Å². The van der Waals surface area contributed by atoms with E-state index in [9.17, 15) is 13.2 Å². The molecule has 0 unspecified atom stereocenters. The number of hydrazine groups is 2. The monoisotopic (exact) mass is 367 g/mol. The summed E-state index contributed by atoms with van der Waals surface area (Å²) in [6.45, 7) is 0. The molecule has 0 saturated carbocycles. The van der Waals surface area contributed by atoms with Crippen molar-refractivity contribution in [2.24, 2.45) is 0 Å². The van der Waals surface area contributed by atoms with Gasteiger partial charge < -0.3 is 0 Å². The Bertz CT molecular complexity index is 953. The van der Waals surface area contributed by atoms with Gasteiger partial charge in [-0.1, -0.05) is 54.6 Å². The standard InChI is InChI=1S/C21H16F3N3/c22-21(23,24)17-10-7-13-19(14-17)26-20(16-8-3-1-4-9-16)15-25-27(26)18-11-5-2-6-12-18/h1-15,25H. The maximum atomic E-state index is 13.2. The number of rotatable bonds is 3. The summed E-state index contributed by atoms with van der Waals surface area (Å²) in [5.41, 5.74) is 5.31. The van der Waals surface area contributed by atoms with Gasteiger partial charge in [0.1, 0.15) is 0 Å². The average molecular weight is 367 g/mol. The largest absolute Gasteiger partial charge is 0.416 e. The first-order valence-corrected chi connectivity index (χ1v) is 8.38. The summed E-state index contributed by atoms with van der Waals surface area (Å²) in [5, 5.41) is 3.46. The normalized spacial score (nSPS) is 14.1. The van der Waals surface area contributed by atoms with E-state index in [0.29, 0.717) is 5.69 Å². The Kier molecular flexibility index (Phi) is 4.24. The second-order valence-corrected chi connectivity index (χ2v) is 6.03. The molecule has 0 aliphatic carbocycles. The minimum absolute atomic E-state index is 0.411. The van der Waals surface area contributed by atoms with Crippen LogP contribution < -0.4 is 15.6 Å². The second-order valence-electron chi connectivity index (χ2n) is 6.03. The number of hydrogen-bond donors (Lipinski definition) is 1. The first-order valence-electron chi connectivity index (χ1n) is 8.38. The van der Waals surface area contributed by atoms with E-state index >= 15 is 0 Å². The highest BCUT2D eigenvalue weighted by molar-refractivity contribution is 5.85. The molecule has 0 amide bonds. The zero-order valence-electron chi connectivity index (χ0n) is 14.2. The number of para-hydroxylation sites is 1. The number of benzene rings is 3. The lowest BCUT2D eigenvalue weighted by Gasteiger charge is -2.33. The van der Waals surface area contributed by atoms with Crippen LogP contribution in [0.15, 0.2) is 91.1 Å². The molecule has 1 aliphatic rings. The first-order chi connectivity index (χ1) is 13.0. The molecule has 27 heavy (non-hydrogen) atoms. The fourth-order valence-corrected chi connectivity index (χ4v) is 2.99. The highest BCUT2D eigenvalue weighted by Gasteiger charge is 2.33. The van der Waals surface area contributed by atoms with Crippen LogP contribution in [0.2, 0.25) is 0 Å². The predicted molar refractivity (Wildman–Crippen MR) is 100 cm³/mol. The Balaban J connectivity index is 1.81. The molecule has 4 rings (SSSR count). The SMILES string of the molecule is FC(F)(F)c1cccc(N2C(c3ccccc3)=CNN2c2ccccc2)c1. The molecule has 0 saturated heterocycles. The number of nitrogens with zero attached hydrogens (tertiary/aromatic N) is 2. The summed E-state index contributed by atoms with van der Waals surface area (Å²) in [6, 6.07) is 24.2. The Morgan fingerprint density at radius 1 is 0.704 bits per heavy atom. The van der Waals surface area contributed by atoms with Crippen LogP contribution in [0.25, 0.3) is 5.70 Å². The van der Waals surface area contributed by atoms with Crippen LogP contribution in [-0.4, -0.2) is 0 Å². The van der Waals surface area contributed by atoms with Gasteiger partial charge in [0, 0.05) is 11.8 Å². The molecule has 136 valence electrons. The van der Waals surface area contributed by atoms with Crippen molar-refractivity contribution >= 4 is 17.1 Å². The lowest BCUT2D eigenvalue weighted by molar-refractivity contribution is -0.137. The maximum absolute atomic E-state index is 13.2. The van der Waals surface area contributed by atoms with Crippen molar-refractivity contribution in [2.45, 2.75) is 6.18 Å². The third-order valence-electron chi connectivity index (χ3n) is 4.24. The number of anilines is 2. The van der Waals surface area contributed by atoms with E-state index in [1.807, 2.05) is 60.7 Å². The topological polar surface area (TPSA) is 18.5 Å². The van der Waals surface area contributed by atoms with Crippen molar-refractivity contribution in [2.75, 3.05) is 10.1 Å². The van der Waals surface area contributed by atoms with E-state index in [0.717, 1.165) is 29.1 Å². The predicted octanol–water partition coefficient (Wildman–Crippen LogP) is 5.45. The van der Waals surface area contributed by atoms with E-state index in [4.69, 9.17) is 0 Å². The quantitative estimate of drug-likeness (QED) is 0.664. The third kappa shape index (κ3) is 3.33. The molecule has 1 N–H and O–H groups in total. The van der Waals surface area contributed by atoms with Crippen molar-refractivity contribution < 1.29 is 13.2 Å². The Morgan fingerprint density at radius 2 is 1.33 bits per heavy atom. The smallest absolute Gasteiger partial charge is 0.284 e. The van der Waals surface area contributed by atoms with E-state index in [-0.39, 0.29) is 0 Å². The Hall–Kier alpha value is -3.41. The lowest BCUT2D eigenvalue weighted by Crippen LogP contribution is -2.43. The molecule has 0 fully saturated rings. The molecule has 0 bridgehead atoms. The molecular weight excluding hydrogens is 351 g/mol. The van der Waals surface area contributed by atoms with Gasteiger partial charge in [-0.3, -0.25) is 5.43 Å². The molecule has 1 aliphatic heterocycles. The van der Waals surface area contributed by atoms with Gasteiger partial charge in [-0.15, -0.1) is 0 Å². The zero-order valence-corrected chi connectivity index (χ0v) is 14.2. The minimum Gasteiger partial charge on any atom is -0.284 e. The number of hydrogen-bond acceptors (Lipinski definition) is 3. The second kappa shape index (κ2) is 6.72. The fraction of sp³-hybridized carbons (Fsp3) is 0.0476. The van der Waals surface area contributed by atoms with Crippen molar-refractivity contribution in [3.8, 4) is 0 Å². The van der Waals surface area contributed by atoms with Gasteiger partial charge in [0.25, 0.3) is 0 Å². The van der Waals surface area contributed by atoms with Gasteiger partial charge in [-0.2, -0.15) is 18.3 Å². The number of alkyl halides is 3. The van der Waals surface area contributed by atoms with Crippen LogP contribution in [0.4, 0.5) is 24.5 Å². The van der Waals surface area contributed by atoms with Crippen LogP contribution in [0.1, 0.15) is 11.1 Å². The van der Waals surface area contributed by atoms with Gasteiger partial charge in [-0.05, 0) is 30.3 Å². The summed E-state index contributed by atoms with van der Waals surface area (Å²) >= 11 is 0. The molecule has 3 aromatic carbocycles. The van der Waals surface area contributed by atoms with Crippen molar-refractivity contribution in [1.29, 1.82) is 0 Å². The lowest BCUT2D eigenvalue weighted by atomic mass is 10.1.